The molecule has 27 heavy (non-hydrogen) atoms. The summed E-state index contributed by atoms with van der Waals surface area (Å²) in [5, 5.41) is 0. The van der Waals surface area contributed by atoms with Gasteiger partial charge in [0.05, 0.1) is 0 Å². The third-order valence-corrected chi connectivity index (χ3v) is 6.45. The number of para-hydroxylation sites is 1. The molecule has 1 amide bonds. The Bertz CT molecular complexity index is 821. The summed E-state index contributed by atoms with van der Waals surface area (Å²) in [6, 6.07) is 19.5. The van der Waals surface area contributed by atoms with Crippen LogP contribution in [0.15, 0.2) is 54.6 Å². The van der Waals surface area contributed by atoms with Crippen LogP contribution >= 0.6 is 0 Å². The second-order valence-electron chi connectivity index (χ2n) is 8.20. The Labute approximate surface area is 161 Å². The number of nitrogens with zero attached hydrogens (tertiary/aromatic N) is 3. The molecule has 2 bridgehead atoms. The van der Waals surface area contributed by atoms with Crippen molar-refractivity contribution in [1.82, 2.24) is 9.80 Å². The van der Waals surface area contributed by atoms with E-state index in [4.69, 9.17) is 0 Å². The second-order valence-corrected chi connectivity index (χ2v) is 8.20. The zero-order valence-electron chi connectivity index (χ0n) is 15.8. The van der Waals surface area contributed by atoms with E-state index in [0.717, 1.165) is 44.1 Å². The maximum atomic E-state index is 12.8. The first-order valence-corrected chi connectivity index (χ1v) is 10.2. The van der Waals surface area contributed by atoms with Gasteiger partial charge in [0.15, 0.2) is 0 Å². The molecule has 0 aromatic heterocycles. The van der Waals surface area contributed by atoms with Crippen LogP contribution < -0.4 is 4.90 Å². The second kappa shape index (κ2) is 7.01. The van der Waals surface area contributed by atoms with Crippen LogP contribution in [-0.4, -0.2) is 61.0 Å². The van der Waals surface area contributed by atoms with E-state index < -0.39 is 0 Å². The van der Waals surface area contributed by atoms with Gasteiger partial charge >= 0.3 is 0 Å². The first-order valence-electron chi connectivity index (χ1n) is 10.2. The lowest BCUT2D eigenvalue weighted by Gasteiger charge is -2.35. The van der Waals surface area contributed by atoms with Gasteiger partial charge in [0, 0.05) is 56.6 Å². The molecule has 3 aliphatic rings. The molecule has 0 N–H and O–H groups in total. The third kappa shape index (κ3) is 3.23. The number of likely N-dealkylation sites (tertiary alicyclic amines) is 1. The number of benzene rings is 2. The van der Waals surface area contributed by atoms with Crippen molar-refractivity contribution < 1.29 is 4.79 Å². The average molecular weight is 361 g/mol. The zero-order valence-corrected chi connectivity index (χ0v) is 15.8. The Hall–Kier alpha value is -2.33. The first-order chi connectivity index (χ1) is 13.3. The Morgan fingerprint density at radius 2 is 1.70 bits per heavy atom. The fraction of sp³-hybridized carbons (Fsp3) is 0.435. The van der Waals surface area contributed by atoms with Crippen LogP contribution in [0.3, 0.4) is 0 Å². The molecule has 2 atom stereocenters. The molecule has 140 valence electrons. The summed E-state index contributed by atoms with van der Waals surface area (Å²) < 4.78 is 0. The molecule has 0 spiro atoms. The molecule has 4 heteroatoms. The number of anilines is 1. The zero-order chi connectivity index (χ0) is 18.2. The number of hydrogen-bond acceptors (Lipinski definition) is 3. The van der Waals surface area contributed by atoms with Gasteiger partial charge in [-0.25, -0.2) is 0 Å². The summed E-state index contributed by atoms with van der Waals surface area (Å²) in [4.78, 5) is 20.0. The summed E-state index contributed by atoms with van der Waals surface area (Å²) >= 11 is 0. The molecule has 3 aliphatic heterocycles. The summed E-state index contributed by atoms with van der Waals surface area (Å²) in [5.41, 5.74) is 3.46. The number of hydrogen-bond donors (Lipinski definition) is 0. The van der Waals surface area contributed by atoms with E-state index in [1.807, 2.05) is 23.1 Å². The largest absolute Gasteiger partial charge is 0.367 e. The highest BCUT2D eigenvalue weighted by molar-refractivity contribution is 5.96. The smallest absolute Gasteiger partial charge is 0.254 e. The van der Waals surface area contributed by atoms with Crippen LogP contribution in [0.25, 0.3) is 0 Å². The van der Waals surface area contributed by atoms with Crippen molar-refractivity contribution in [2.24, 2.45) is 5.92 Å². The predicted molar refractivity (Wildman–Crippen MR) is 108 cm³/mol. The SMILES string of the molecule is O=C1c2ccccc2CCN1CCN1C[C@@H]2C[C@H](C1)N(c1ccccc1)C2. The molecule has 0 aliphatic carbocycles. The summed E-state index contributed by atoms with van der Waals surface area (Å²) in [6.45, 7) is 6.14. The van der Waals surface area contributed by atoms with E-state index in [9.17, 15) is 4.79 Å². The normalized spacial score (nSPS) is 25.0. The van der Waals surface area contributed by atoms with Gasteiger partial charge in [-0.1, -0.05) is 36.4 Å². The van der Waals surface area contributed by atoms with Crippen LogP contribution in [-0.2, 0) is 6.42 Å². The van der Waals surface area contributed by atoms with Crippen LogP contribution in [0.4, 0.5) is 5.69 Å². The Balaban J connectivity index is 1.21. The molecular weight excluding hydrogens is 334 g/mol. The highest BCUT2D eigenvalue weighted by Gasteiger charge is 2.38. The van der Waals surface area contributed by atoms with Crippen molar-refractivity contribution in [3.63, 3.8) is 0 Å². The van der Waals surface area contributed by atoms with E-state index in [0.29, 0.717) is 6.04 Å². The highest BCUT2D eigenvalue weighted by Crippen LogP contribution is 2.33. The Morgan fingerprint density at radius 3 is 2.59 bits per heavy atom. The highest BCUT2D eigenvalue weighted by atomic mass is 16.2. The summed E-state index contributed by atoms with van der Waals surface area (Å²) in [5.74, 6) is 0.962. The Kier molecular flexibility index (Phi) is 4.36. The quantitative estimate of drug-likeness (QED) is 0.838. The van der Waals surface area contributed by atoms with E-state index >= 15 is 0 Å². The lowest BCUT2D eigenvalue weighted by Crippen LogP contribution is -2.47. The molecular formula is C23H27N3O. The molecule has 5 rings (SSSR count). The Morgan fingerprint density at radius 1 is 0.889 bits per heavy atom. The molecule has 3 heterocycles. The van der Waals surface area contributed by atoms with Crippen molar-refractivity contribution in [1.29, 1.82) is 0 Å². The van der Waals surface area contributed by atoms with Crippen LogP contribution in [0.1, 0.15) is 22.3 Å². The van der Waals surface area contributed by atoms with E-state index in [1.165, 1.54) is 30.8 Å². The third-order valence-electron chi connectivity index (χ3n) is 6.45. The van der Waals surface area contributed by atoms with Gasteiger partial charge in [0.1, 0.15) is 0 Å². The average Bonchev–Trinajstić information content (AvgIpc) is 3.02. The van der Waals surface area contributed by atoms with Crippen molar-refractivity contribution in [2.45, 2.75) is 18.9 Å². The topological polar surface area (TPSA) is 26.8 Å². The molecule has 4 nitrogen and oxygen atoms in total. The van der Waals surface area contributed by atoms with Gasteiger partial charge in [-0.3, -0.25) is 9.69 Å². The van der Waals surface area contributed by atoms with E-state index in [1.54, 1.807) is 0 Å². The lowest BCUT2D eigenvalue weighted by atomic mass is 9.98. The van der Waals surface area contributed by atoms with Crippen molar-refractivity contribution in [3.05, 3.63) is 65.7 Å². The number of rotatable bonds is 4. The van der Waals surface area contributed by atoms with E-state index in [-0.39, 0.29) is 5.91 Å². The van der Waals surface area contributed by atoms with E-state index in [2.05, 4.69) is 46.2 Å². The molecule has 2 saturated heterocycles. The summed E-state index contributed by atoms with van der Waals surface area (Å²) in [6.07, 6.45) is 2.29. The van der Waals surface area contributed by atoms with Crippen LogP contribution in [0.2, 0.25) is 0 Å². The molecule has 2 fully saturated rings. The summed E-state index contributed by atoms with van der Waals surface area (Å²) in [7, 11) is 0. The standard InChI is InChI=1S/C23H27N3O/c27-23-22-9-5-4-6-19(22)10-11-25(23)13-12-24-15-18-14-21(17-24)26(16-18)20-7-2-1-3-8-20/h1-9,18,21H,10-17H2/t18-,21+/m0/s1. The molecule has 2 aromatic carbocycles. The fourth-order valence-electron chi connectivity index (χ4n) is 5.12. The molecule has 2 aromatic rings. The van der Waals surface area contributed by atoms with Crippen molar-refractivity contribution in [3.8, 4) is 0 Å². The maximum absolute atomic E-state index is 12.8. The van der Waals surface area contributed by atoms with Gasteiger partial charge in [0.25, 0.3) is 5.91 Å². The number of piperidine rings is 1. The molecule has 0 saturated carbocycles. The predicted octanol–water partition coefficient (Wildman–Crippen LogP) is 2.90. The van der Waals surface area contributed by atoms with Crippen LogP contribution in [0.5, 0.6) is 0 Å². The van der Waals surface area contributed by atoms with Gasteiger partial charge in [-0.15, -0.1) is 0 Å². The van der Waals surface area contributed by atoms with Crippen LogP contribution in [0, 0.1) is 5.92 Å². The minimum Gasteiger partial charge on any atom is -0.367 e. The van der Waals surface area contributed by atoms with Gasteiger partial charge < -0.3 is 9.80 Å². The first kappa shape index (κ1) is 16.8. The van der Waals surface area contributed by atoms with Gasteiger partial charge in [0.2, 0.25) is 0 Å². The molecule has 0 unspecified atom stereocenters. The van der Waals surface area contributed by atoms with Gasteiger partial charge in [-0.2, -0.15) is 0 Å². The number of amides is 1. The monoisotopic (exact) mass is 361 g/mol. The lowest BCUT2D eigenvalue weighted by molar-refractivity contribution is 0.0707. The number of carbonyl (C=O) groups is 1. The van der Waals surface area contributed by atoms with Crippen molar-refractivity contribution >= 4 is 11.6 Å². The van der Waals surface area contributed by atoms with Gasteiger partial charge in [-0.05, 0) is 42.5 Å². The van der Waals surface area contributed by atoms with Crippen molar-refractivity contribution in [2.75, 3.05) is 44.2 Å². The number of fused-ring (bicyclic) bond motifs is 3. The minimum absolute atomic E-state index is 0.211. The molecule has 0 radical (unpaired) electrons. The number of carbonyl (C=O) groups excluding carboxylic acids is 1. The maximum Gasteiger partial charge on any atom is 0.254 e. The fourth-order valence-corrected chi connectivity index (χ4v) is 5.12. The minimum atomic E-state index is 0.211.